The van der Waals surface area contributed by atoms with Gasteiger partial charge < -0.3 is 9.15 Å². The molecule has 16 heavy (non-hydrogen) atoms. The fourth-order valence-electron chi connectivity index (χ4n) is 1.30. The van der Waals surface area contributed by atoms with Crippen molar-refractivity contribution in [1.82, 2.24) is 0 Å². The van der Waals surface area contributed by atoms with Crippen LogP contribution in [0.5, 0.6) is 5.75 Å². The minimum absolute atomic E-state index is 0.0478. The van der Waals surface area contributed by atoms with Crippen molar-refractivity contribution in [3.63, 3.8) is 0 Å². The number of ether oxygens (including phenoxy) is 1. The third kappa shape index (κ3) is 2.49. The maximum atomic E-state index is 11.5. The summed E-state index contributed by atoms with van der Waals surface area (Å²) in [6, 6.07) is 8.78. The Balaban J connectivity index is 2.38. The first kappa shape index (κ1) is 11.3. The molecule has 0 aliphatic carbocycles. The molecule has 1 heterocycles. The summed E-state index contributed by atoms with van der Waals surface area (Å²) in [6.07, 6.45) is 0. The molecule has 0 aliphatic rings. The summed E-state index contributed by atoms with van der Waals surface area (Å²) >= 11 is 11.0. The molecule has 3 nitrogen and oxygen atoms in total. The second-order valence-corrected chi connectivity index (χ2v) is 4.42. The highest BCUT2D eigenvalue weighted by atomic mass is 35.5. The number of hydrogen-bond donors (Lipinski definition) is 0. The molecule has 1 aromatic carbocycles. The quantitative estimate of drug-likeness (QED) is 0.628. The van der Waals surface area contributed by atoms with E-state index in [0.717, 1.165) is 5.39 Å². The van der Waals surface area contributed by atoms with E-state index in [9.17, 15) is 4.79 Å². The van der Waals surface area contributed by atoms with Gasteiger partial charge in [-0.15, -0.1) is 23.2 Å². The normalized spacial score (nSPS) is 10.9. The van der Waals surface area contributed by atoms with Crippen molar-refractivity contribution >= 4 is 34.2 Å². The van der Waals surface area contributed by atoms with Crippen molar-refractivity contribution in [3.05, 3.63) is 40.8 Å². The zero-order valence-electron chi connectivity index (χ0n) is 8.15. The summed E-state index contributed by atoms with van der Waals surface area (Å²) in [4.78, 5) is 10.8. The SMILES string of the molecule is O=c1oc2ccccc2cc1OCC(Cl)Cl. The Bertz CT molecular complexity index is 548. The Morgan fingerprint density at radius 2 is 2.06 bits per heavy atom. The second kappa shape index (κ2) is 4.76. The van der Waals surface area contributed by atoms with Gasteiger partial charge >= 0.3 is 5.63 Å². The molecule has 5 heteroatoms. The molecule has 1 aromatic heterocycles. The number of halogens is 2. The van der Waals surface area contributed by atoms with Crippen LogP contribution < -0.4 is 10.4 Å². The molecular weight excluding hydrogens is 251 g/mol. The van der Waals surface area contributed by atoms with Gasteiger partial charge in [0.25, 0.3) is 0 Å². The van der Waals surface area contributed by atoms with Gasteiger partial charge in [-0.2, -0.15) is 0 Å². The molecule has 84 valence electrons. The summed E-state index contributed by atoms with van der Waals surface area (Å²) in [5.74, 6) is 0.116. The van der Waals surface area contributed by atoms with E-state index in [0.29, 0.717) is 5.58 Å². The van der Waals surface area contributed by atoms with Crippen LogP contribution in [0.1, 0.15) is 0 Å². The maximum Gasteiger partial charge on any atom is 0.379 e. The monoisotopic (exact) mass is 258 g/mol. The molecule has 0 bridgehead atoms. The number of hydrogen-bond acceptors (Lipinski definition) is 3. The third-order valence-electron chi connectivity index (χ3n) is 1.97. The Hall–Kier alpha value is -1.19. The molecule has 0 saturated carbocycles. The first-order valence-electron chi connectivity index (χ1n) is 4.60. The molecule has 0 spiro atoms. The summed E-state index contributed by atoms with van der Waals surface area (Å²) in [5.41, 5.74) is -0.0131. The van der Waals surface area contributed by atoms with Crippen LogP contribution in [-0.4, -0.2) is 11.4 Å². The zero-order valence-corrected chi connectivity index (χ0v) is 9.66. The van der Waals surface area contributed by atoms with E-state index >= 15 is 0 Å². The number of para-hydroxylation sites is 1. The predicted molar refractivity (Wildman–Crippen MR) is 63.5 cm³/mol. The summed E-state index contributed by atoms with van der Waals surface area (Å²) < 4.78 is 10.2. The molecular formula is C11H8Cl2O3. The van der Waals surface area contributed by atoms with Crippen molar-refractivity contribution in [3.8, 4) is 5.75 Å². The van der Waals surface area contributed by atoms with Crippen LogP contribution >= 0.6 is 23.2 Å². The van der Waals surface area contributed by atoms with Crippen molar-refractivity contribution < 1.29 is 9.15 Å². The highest BCUT2D eigenvalue weighted by Crippen LogP contribution is 2.17. The lowest BCUT2D eigenvalue weighted by molar-refractivity contribution is 0.317. The van der Waals surface area contributed by atoms with E-state index < -0.39 is 10.5 Å². The lowest BCUT2D eigenvalue weighted by atomic mass is 10.2. The molecule has 2 rings (SSSR count). The molecule has 0 N–H and O–H groups in total. The average molecular weight is 259 g/mol. The van der Waals surface area contributed by atoms with E-state index in [1.165, 1.54) is 0 Å². The third-order valence-corrected chi connectivity index (χ3v) is 2.23. The molecule has 0 amide bonds. The van der Waals surface area contributed by atoms with Gasteiger partial charge in [-0.1, -0.05) is 18.2 Å². The van der Waals surface area contributed by atoms with Gasteiger partial charge in [-0.05, 0) is 12.1 Å². The second-order valence-electron chi connectivity index (χ2n) is 3.14. The van der Waals surface area contributed by atoms with Crippen LogP contribution in [0.2, 0.25) is 0 Å². The van der Waals surface area contributed by atoms with E-state index in [-0.39, 0.29) is 12.4 Å². The molecule has 0 radical (unpaired) electrons. The Labute approximate surface area is 102 Å². The minimum atomic E-state index is -0.675. The van der Waals surface area contributed by atoms with E-state index in [2.05, 4.69) is 0 Å². The molecule has 0 unspecified atom stereocenters. The number of benzene rings is 1. The topological polar surface area (TPSA) is 39.4 Å². The van der Waals surface area contributed by atoms with Crippen molar-refractivity contribution in [2.24, 2.45) is 0 Å². The largest absolute Gasteiger partial charge is 0.484 e. The minimum Gasteiger partial charge on any atom is -0.484 e. The van der Waals surface area contributed by atoms with Crippen molar-refractivity contribution in [1.29, 1.82) is 0 Å². The Kier molecular flexibility index (Phi) is 3.36. The van der Waals surface area contributed by atoms with Gasteiger partial charge in [-0.25, -0.2) is 4.79 Å². The van der Waals surface area contributed by atoms with Crippen molar-refractivity contribution in [2.75, 3.05) is 6.61 Å². The first-order chi connectivity index (χ1) is 7.66. The van der Waals surface area contributed by atoms with Crippen LogP contribution in [-0.2, 0) is 0 Å². The standard InChI is InChI=1S/C11H8Cl2O3/c12-10(13)6-15-9-5-7-3-1-2-4-8(7)16-11(9)14/h1-5,10H,6H2. The predicted octanol–water partition coefficient (Wildman–Crippen LogP) is 2.98. The van der Waals surface area contributed by atoms with Gasteiger partial charge in [0.15, 0.2) is 0 Å². The van der Waals surface area contributed by atoms with Gasteiger partial charge in [0.2, 0.25) is 5.75 Å². The van der Waals surface area contributed by atoms with Crippen LogP contribution in [0.3, 0.4) is 0 Å². The van der Waals surface area contributed by atoms with E-state index in [1.54, 1.807) is 18.2 Å². The molecule has 0 fully saturated rings. The summed E-state index contributed by atoms with van der Waals surface area (Å²) in [6.45, 7) is 0.0478. The van der Waals surface area contributed by atoms with Crippen LogP contribution in [0.4, 0.5) is 0 Å². The van der Waals surface area contributed by atoms with Crippen molar-refractivity contribution in [2.45, 2.75) is 4.84 Å². The summed E-state index contributed by atoms with van der Waals surface area (Å²) in [7, 11) is 0. The number of rotatable bonds is 3. The Morgan fingerprint density at radius 3 is 2.81 bits per heavy atom. The van der Waals surface area contributed by atoms with Gasteiger partial charge in [0, 0.05) is 5.39 Å². The number of fused-ring (bicyclic) bond motifs is 1. The van der Waals surface area contributed by atoms with Gasteiger partial charge in [0.05, 0.1) is 0 Å². The average Bonchev–Trinajstić information content (AvgIpc) is 2.26. The lowest BCUT2D eigenvalue weighted by Gasteiger charge is -2.05. The zero-order chi connectivity index (χ0) is 11.5. The fraction of sp³-hybridized carbons (Fsp3) is 0.182. The van der Waals surface area contributed by atoms with Crippen LogP contribution in [0.25, 0.3) is 11.0 Å². The highest BCUT2D eigenvalue weighted by Gasteiger charge is 2.07. The van der Waals surface area contributed by atoms with Gasteiger partial charge in [-0.3, -0.25) is 0 Å². The smallest absolute Gasteiger partial charge is 0.379 e. The van der Waals surface area contributed by atoms with Gasteiger partial charge in [0.1, 0.15) is 17.0 Å². The van der Waals surface area contributed by atoms with Crippen LogP contribution in [0, 0.1) is 0 Å². The highest BCUT2D eigenvalue weighted by molar-refractivity contribution is 6.44. The van der Waals surface area contributed by atoms with Crippen LogP contribution in [0.15, 0.2) is 39.5 Å². The molecule has 0 aliphatic heterocycles. The number of alkyl halides is 2. The fourth-order valence-corrected chi connectivity index (χ4v) is 1.42. The van der Waals surface area contributed by atoms with E-state index in [1.807, 2.05) is 12.1 Å². The summed E-state index contributed by atoms with van der Waals surface area (Å²) in [5, 5.41) is 0.790. The molecule has 0 saturated heterocycles. The lowest BCUT2D eigenvalue weighted by Crippen LogP contribution is -2.11. The first-order valence-corrected chi connectivity index (χ1v) is 5.48. The maximum absolute atomic E-state index is 11.5. The van der Waals surface area contributed by atoms with E-state index in [4.69, 9.17) is 32.4 Å². The molecule has 0 atom stereocenters. The Morgan fingerprint density at radius 1 is 1.31 bits per heavy atom. The molecule has 2 aromatic rings.